The molecule has 24 heavy (non-hydrogen) atoms. The van der Waals surface area contributed by atoms with Crippen LogP contribution in [0.4, 0.5) is 0 Å². The molecule has 2 aromatic rings. The fourth-order valence-corrected chi connectivity index (χ4v) is 2.84. The summed E-state index contributed by atoms with van der Waals surface area (Å²) < 4.78 is 11.2. The van der Waals surface area contributed by atoms with Crippen LogP contribution in [0.25, 0.3) is 11.1 Å². The van der Waals surface area contributed by atoms with Gasteiger partial charge in [0.25, 0.3) is 0 Å². The van der Waals surface area contributed by atoms with Crippen LogP contribution in [-0.2, 0) is 4.74 Å². The summed E-state index contributed by atoms with van der Waals surface area (Å²) in [6.07, 6.45) is 2.01. The summed E-state index contributed by atoms with van der Waals surface area (Å²) >= 11 is 0. The Balaban J connectivity index is 1.39. The van der Waals surface area contributed by atoms with E-state index >= 15 is 0 Å². The van der Waals surface area contributed by atoms with Crippen molar-refractivity contribution in [1.29, 1.82) is 0 Å². The first-order valence-electron chi connectivity index (χ1n) is 8.60. The molecule has 0 aromatic heterocycles. The molecule has 2 atom stereocenters. The highest BCUT2D eigenvalue weighted by Crippen LogP contribution is 2.22. The van der Waals surface area contributed by atoms with E-state index in [1.807, 2.05) is 42.5 Å². The highest BCUT2D eigenvalue weighted by atomic mass is 16.5. The van der Waals surface area contributed by atoms with E-state index in [1.54, 1.807) is 0 Å². The number of hydrogen-bond donors (Lipinski definition) is 2. The zero-order valence-corrected chi connectivity index (χ0v) is 13.9. The zero-order valence-electron chi connectivity index (χ0n) is 13.9. The second kappa shape index (κ2) is 8.83. The van der Waals surface area contributed by atoms with Gasteiger partial charge in [-0.1, -0.05) is 42.5 Å². The molecule has 0 bridgehead atoms. The highest BCUT2D eigenvalue weighted by molar-refractivity contribution is 5.63. The second-order valence-electron chi connectivity index (χ2n) is 6.15. The van der Waals surface area contributed by atoms with Crippen molar-refractivity contribution in [1.82, 2.24) is 5.32 Å². The molecule has 2 N–H and O–H groups in total. The van der Waals surface area contributed by atoms with Crippen LogP contribution in [0.3, 0.4) is 0 Å². The lowest BCUT2D eigenvalue weighted by Gasteiger charge is -2.15. The molecule has 1 aliphatic rings. The highest BCUT2D eigenvalue weighted by Gasteiger charge is 2.15. The van der Waals surface area contributed by atoms with Crippen LogP contribution in [0, 0.1) is 0 Å². The quantitative estimate of drug-likeness (QED) is 0.783. The lowest BCUT2D eigenvalue weighted by atomic mass is 10.1. The Morgan fingerprint density at radius 3 is 2.54 bits per heavy atom. The number of nitrogens with one attached hydrogen (secondary N) is 1. The van der Waals surface area contributed by atoms with Gasteiger partial charge in [0.2, 0.25) is 0 Å². The van der Waals surface area contributed by atoms with Crippen molar-refractivity contribution < 1.29 is 14.6 Å². The summed E-state index contributed by atoms with van der Waals surface area (Å²) in [6.45, 7) is 2.45. The third kappa shape index (κ3) is 5.06. The van der Waals surface area contributed by atoms with Crippen molar-refractivity contribution in [3.8, 4) is 16.9 Å². The molecule has 0 aliphatic carbocycles. The molecule has 0 radical (unpaired) electrons. The smallest absolute Gasteiger partial charge is 0.119 e. The summed E-state index contributed by atoms with van der Waals surface area (Å²) in [5, 5.41) is 13.2. The third-order valence-electron chi connectivity index (χ3n) is 4.18. The van der Waals surface area contributed by atoms with Crippen molar-refractivity contribution in [3.63, 3.8) is 0 Å². The van der Waals surface area contributed by atoms with Crippen molar-refractivity contribution in [3.05, 3.63) is 54.6 Å². The van der Waals surface area contributed by atoms with Crippen LogP contribution >= 0.6 is 0 Å². The van der Waals surface area contributed by atoms with Crippen LogP contribution in [0.1, 0.15) is 12.8 Å². The monoisotopic (exact) mass is 327 g/mol. The molecule has 1 fully saturated rings. The van der Waals surface area contributed by atoms with Crippen LogP contribution in [-0.4, -0.2) is 43.6 Å². The van der Waals surface area contributed by atoms with E-state index < -0.39 is 6.10 Å². The maximum Gasteiger partial charge on any atom is 0.119 e. The molecule has 4 nitrogen and oxygen atoms in total. The fourth-order valence-electron chi connectivity index (χ4n) is 2.84. The van der Waals surface area contributed by atoms with Gasteiger partial charge in [-0.15, -0.1) is 0 Å². The summed E-state index contributed by atoms with van der Waals surface area (Å²) in [7, 11) is 0. The zero-order chi connectivity index (χ0) is 16.6. The van der Waals surface area contributed by atoms with Gasteiger partial charge in [-0.25, -0.2) is 0 Å². The van der Waals surface area contributed by atoms with Gasteiger partial charge in [-0.3, -0.25) is 0 Å². The molecule has 3 rings (SSSR count). The van der Waals surface area contributed by atoms with Crippen molar-refractivity contribution in [2.45, 2.75) is 25.0 Å². The van der Waals surface area contributed by atoms with E-state index in [1.165, 1.54) is 5.56 Å². The fraction of sp³-hybridized carbons (Fsp3) is 0.400. The third-order valence-corrected chi connectivity index (χ3v) is 4.18. The number of hydrogen-bond acceptors (Lipinski definition) is 4. The molecule has 1 saturated heterocycles. The number of aliphatic hydroxyl groups excluding tert-OH is 1. The van der Waals surface area contributed by atoms with Gasteiger partial charge in [0.1, 0.15) is 18.5 Å². The maximum absolute atomic E-state index is 9.99. The average Bonchev–Trinajstić information content (AvgIpc) is 3.15. The van der Waals surface area contributed by atoms with Gasteiger partial charge < -0.3 is 19.9 Å². The summed E-state index contributed by atoms with van der Waals surface area (Å²) in [4.78, 5) is 0. The molecule has 128 valence electrons. The van der Waals surface area contributed by atoms with E-state index in [4.69, 9.17) is 9.47 Å². The first kappa shape index (κ1) is 17.0. The predicted octanol–water partition coefficient (Wildman–Crippen LogP) is 2.86. The van der Waals surface area contributed by atoms with Crippen molar-refractivity contribution in [2.24, 2.45) is 0 Å². The van der Waals surface area contributed by atoms with Crippen LogP contribution < -0.4 is 10.1 Å². The Morgan fingerprint density at radius 1 is 1.08 bits per heavy atom. The number of ether oxygens (including phenoxy) is 2. The molecule has 0 unspecified atom stereocenters. The topological polar surface area (TPSA) is 50.7 Å². The first-order chi connectivity index (χ1) is 11.8. The van der Waals surface area contributed by atoms with Gasteiger partial charge in [0.15, 0.2) is 0 Å². The van der Waals surface area contributed by atoms with Gasteiger partial charge in [-0.2, -0.15) is 0 Å². The Bertz CT molecular complexity index is 594. The van der Waals surface area contributed by atoms with E-state index in [0.717, 1.165) is 37.3 Å². The molecule has 4 heteroatoms. The minimum atomic E-state index is -0.528. The molecule has 1 aliphatic heterocycles. The Hall–Kier alpha value is -1.88. The minimum absolute atomic E-state index is 0.281. The molecule has 0 saturated carbocycles. The Kier molecular flexibility index (Phi) is 6.24. The molecule has 0 spiro atoms. The van der Waals surface area contributed by atoms with Gasteiger partial charge in [0, 0.05) is 19.7 Å². The van der Waals surface area contributed by atoms with Gasteiger partial charge in [0.05, 0.1) is 6.10 Å². The Labute approximate surface area is 143 Å². The number of benzene rings is 2. The van der Waals surface area contributed by atoms with Crippen molar-refractivity contribution >= 4 is 0 Å². The van der Waals surface area contributed by atoms with Crippen LogP contribution in [0.2, 0.25) is 0 Å². The van der Waals surface area contributed by atoms with Gasteiger partial charge >= 0.3 is 0 Å². The van der Waals surface area contributed by atoms with Gasteiger partial charge in [-0.05, 0) is 36.1 Å². The van der Waals surface area contributed by atoms with Crippen LogP contribution in [0.5, 0.6) is 5.75 Å². The average molecular weight is 327 g/mol. The standard InChI is InChI=1S/C20H25NO3/c22-18(13-21-14-20-7-4-12-23-20)15-24-19-10-8-17(9-11-19)16-5-2-1-3-6-16/h1-3,5-6,8-11,18,20-22H,4,7,12-15H2/t18-,20-/m0/s1. The van der Waals surface area contributed by atoms with E-state index in [-0.39, 0.29) is 6.61 Å². The molecule has 2 aromatic carbocycles. The molecular formula is C20H25NO3. The molecule has 0 amide bonds. The predicted molar refractivity (Wildman–Crippen MR) is 95.2 cm³/mol. The normalized spacial score (nSPS) is 18.5. The van der Waals surface area contributed by atoms with E-state index in [0.29, 0.717) is 12.6 Å². The van der Waals surface area contributed by atoms with Crippen molar-refractivity contribution in [2.75, 3.05) is 26.3 Å². The first-order valence-corrected chi connectivity index (χ1v) is 8.60. The lowest BCUT2D eigenvalue weighted by molar-refractivity contribution is 0.0882. The largest absolute Gasteiger partial charge is 0.491 e. The SMILES string of the molecule is O[C@@H](CNC[C@@H]1CCCO1)COc1ccc(-c2ccccc2)cc1. The van der Waals surface area contributed by atoms with E-state index in [9.17, 15) is 5.11 Å². The Morgan fingerprint density at radius 2 is 1.83 bits per heavy atom. The molecular weight excluding hydrogens is 302 g/mol. The summed E-state index contributed by atoms with van der Waals surface area (Å²) in [5.41, 5.74) is 2.34. The summed E-state index contributed by atoms with van der Waals surface area (Å²) in [5.74, 6) is 0.771. The second-order valence-corrected chi connectivity index (χ2v) is 6.15. The minimum Gasteiger partial charge on any atom is -0.491 e. The maximum atomic E-state index is 9.99. The number of rotatable bonds is 8. The summed E-state index contributed by atoms with van der Waals surface area (Å²) in [6, 6.07) is 18.2. The number of aliphatic hydroxyl groups is 1. The van der Waals surface area contributed by atoms with Crippen LogP contribution in [0.15, 0.2) is 54.6 Å². The van der Waals surface area contributed by atoms with E-state index in [2.05, 4.69) is 17.4 Å². The molecule has 1 heterocycles. The lowest BCUT2D eigenvalue weighted by Crippen LogP contribution is -2.35.